The first-order valence-corrected chi connectivity index (χ1v) is 6.11. The fraction of sp³-hybridized carbons (Fsp3) is 0.643. The van der Waals surface area contributed by atoms with E-state index >= 15 is 0 Å². The first-order chi connectivity index (χ1) is 8.05. The summed E-state index contributed by atoms with van der Waals surface area (Å²) in [7, 11) is 0. The highest BCUT2D eigenvalue weighted by Gasteiger charge is 2.40. The molecule has 0 unspecified atom stereocenters. The van der Waals surface area contributed by atoms with E-state index in [-0.39, 0.29) is 23.0 Å². The second-order valence-electron chi connectivity index (χ2n) is 6.38. The van der Waals surface area contributed by atoms with Crippen LogP contribution in [-0.2, 0) is 14.4 Å². The zero-order valence-electron chi connectivity index (χ0n) is 11.7. The molecule has 0 atom stereocenters. The number of imide groups is 1. The van der Waals surface area contributed by atoms with Crippen molar-refractivity contribution < 1.29 is 14.4 Å². The molecule has 0 saturated carbocycles. The van der Waals surface area contributed by atoms with Crippen molar-refractivity contribution in [1.82, 2.24) is 4.90 Å². The van der Waals surface area contributed by atoms with E-state index in [2.05, 4.69) is 0 Å². The predicted molar refractivity (Wildman–Crippen MR) is 68.8 cm³/mol. The number of nitrogens with zero attached hydrogens (tertiary/aromatic N) is 1. The fourth-order valence-corrected chi connectivity index (χ4v) is 2.98. The molecule has 0 fully saturated rings. The van der Waals surface area contributed by atoms with Crippen LogP contribution in [0.15, 0.2) is 12.2 Å². The first kappa shape index (κ1) is 14.6. The Balaban J connectivity index is 2.85. The van der Waals surface area contributed by atoms with Crippen LogP contribution in [0.4, 0.5) is 0 Å². The minimum absolute atomic E-state index is 0.119. The summed E-state index contributed by atoms with van der Waals surface area (Å²) < 4.78 is 0. The Bertz CT molecular complexity index is 401. The van der Waals surface area contributed by atoms with Gasteiger partial charge in [-0.2, -0.15) is 0 Å². The van der Waals surface area contributed by atoms with E-state index in [1.807, 2.05) is 27.7 Å². The normalized spacial score (nSPS) is 16.6. The maximum absolute atomic E-state index is 11.7. The van der Waals surface area contributed by atoms with Crippen molar-refractivity contribution in [3.8, 4) is 0 Å². The van der Waals surface area contributed by atoms with Crippen LogP contribution in [0.3, 0.4) is 0 Å². The zero-order chi connectivity index (χ0) is 14.1. The third kappa shape index (κ3) is 3.28. The number of ketones is 1. The molecule has 0 spiro atoms. The largest absolute Gasteiger partial charge is 0.300 e. The SMILES string of the molecule is CC(=O)CC(C)(C)CC(C)(C)N1C(=O)C=CC1=O. The van der Waals surface area contributed by atoms with Crippen molar-refractivity contribution in [2.24, 2.45) is 5.41 Å². The highest BCUT2D eigenvalue weighted by Crippen LogP contribution is 2.35. The van der Waals surface area contributed by atoms with Crippen molar-refractivity contribution in [1.29, 1.82) is 0 Å². The van der Waals surface area contributed by atoms with Crippen LogP contribution in [0, 0.1) is 5.41 Å². The predicted octanol–water partition coefficient (Wildman–Crippen LogP) is 2.09. The average molecular weight is 251 g/mol. The van der Waals surface area contributed by atoms with Crippen LogP contribution in [0.2, 0.25) is 0 Å². The number of carbonyl (C=O) groups excluding carboxylic acids is 3. The lowest BCUT2D eigenvalue weighted by Crippen LogP contribution is -2.50. The van der Waals surface area contributed by atoms with Gasteiger partial charge in [0.05, 0.1) is 0 Å². The van der Waals surface area contributed by atoms with Gasteiger partial charge in [0.1, 0.15) is 5.78 Å². The summed E-state index contributed by atoms with van der Waals surface area (Å²) in [5, 5.41) is 0. The van der Waals surface area contributed by atoms with Crippen LogP contribution in [-0.4, -0.2) is 28.0 Å². The third-order valence-corrected chi connectivity index (χ3v) is 3.05. The number of hydrogen-bond donors (Lipinski definition) is 0. The Labute approximate surface area is 108 Å². The smallest absolute Gasteiger partial charge is 0.254 e. The lowest BCUT2D eigenvalue weighted by atomic mass is 9.76. The number of carbonyl (C=O) groups is 3. The molecule has 18 heavy (non-hydrogen) atoms. The van der Waals surface area contributed by atoms with E-state index < -0.39 is 5.54 Å². The van der Waals surface area contributed by atoms with Crippen molar-refractivity contribution in [2.75, 3.05) is 0 Å². The molecule has 0 aromatic rings. The Morgan fingerprint density at radius 1 is 1.11 bits per heavy atom. The molecule has 0 aromatic carbocycles. The minimum atomic E-state index is -0.587. The summed E-state index contributed by atoms with van der Waals surface area (Å²) >= 11 is 0. The molecule has 0 aromatic heterocycles. The van der Waals surface area contributed by atoms with Crippen molar-refractivity contribution in [3.63, 3.8) is 0 Å². The molecule has 0 saturated heterocycles. The van der Waals surface area contributed by atoms with Crippen LogP contribution in [0.5, 0.6) is 0 Å². The molecule has 4 heteroatoms. The van der Waals surface area contributed by atoms with Crippen molar-refractivity contribution in [2.45, 2.75) is 53.0 Å². The van der Waals surface area contributed by atoms with Crippen LogP contribution in [0.25, 0.3) is 0 Å². The molecule has 0 aliphatic carbocycles. The van der Waals surface area contributed by atoms with E-state index in [9.17, 15) is 14.4 Å². The Kier molecular flexibility index (Phi) is 3.79. The van der Waals surface area contributed by atoms with Gasteiger partial charge in [-0.15, -0.1) is 0 Å². The van der Waals surface area contributed by atoms with E-state index in [0.717, 1.165) is 0 Å². The molecule has 2 amide bonds. The summed E-state index contributed by atoms with van der Waals surface area (Å²) in [6.45, 7) is 9.24. The summed E-state index contributed by atoms with van der Waals surface area (Å²) in [4.78, 5) is 35.9. The molecular formula is C14H21NO3. The molecule has 0 radical (unpaired) electrons. The molecule has 100 valence electrons. The van der Waals surface area contributed by atoms with Crippen molar-refractivity contribution in [3.05, 3.63) is 12.2 Å². The minimum Gasteiger partial charge on any atom is -0.300 e. The van der Waals surface area contributed by atoms with Gasteiger partial charge in [-0.05, 0) is 32.6 Å². The third-order valence-electron chi connectivity index (χ3n) is 3.05. The van der Waals surface area contributed by atoms with Gasteiger partial charge >= 0.3 is 0 Å². The van der Waals surface area contributed by atoms with Gasteiger partial charge in [0.25, 0.3) is 11.8 Å². The number of Topliss-reactive ketones (excluding diaryl/α,β-unsaturated/α-hetero) is 1. The van der Waals surface area contributed by atoms with Crippen molar-refractivity contribution >= 4 is 17.6 Å². The second kappa shape index (κ2) is 4.67. The van der Waals surface area contributed by atoms with Gasteiger partial charge in [-0.1, -0.05) is 13.8 Å². The molecule has 1 aliphatic heterocycles. The maximum Gasteiger partial charge on any atom is 0.254 e. The van der Waals surface area contributed by atoms with Gasteiger partial charge in [0.15, 0.2) is 0 Å². The van der Waals surface area contributed by atoms with Crippen LogP contribution < -0.4 is 0 Å². The monoisotopic (exact) mass is 251 g/mol. The topological polar surface area (TPSA) is 54.5 Å². The zero-order valence-corrected chi connectivity index (χ0v) is 11.7. The number of hydrogen-bond acceptors (Lipinski definition) is 3. The van der Waals surface area contributed by atoms with Gasteiger partial charge in [-0.3, -0.25) is 14.5 Å². The maximum atomic E-state index is 11.7. The summed E-state index contributed by atoms with van der Waals surface area (Å²) in [5.74, 6) is -0.430. The summed E-state index contributed by atoms with van der Waals surface area (Å²) in [5.41, 5.74) is -0.824. The Morgan fingerprint density at radius 3 is 1.94 bits per heavy atom. The van der Waals surface area contributed by atoms with E-state index in [1.165, 1.54) is 17.1 Å². The molecule has 1 aliphatic rings. The summed E-state index contributed by atoms with van der Waals surface area (Å²) in [6.07, 6.45) is 3.63. The molecule has 0 bridgehead atoms. The fourth-order valence-electron chi connectivity index (χ4n) is 2.98. The number of amides is 2. The van der Waals surface area contributed by atoms with E-state index in [1.54, 1.807) is 6.92 Å². The molecular weight excluding hydrogens is 230 g/mol. The van der Waals surface area contributed by atoms with E-state index in [4.69, 9.17) is 0 Å². The second-order valence-corrected chi connectivity index (χ2v) is 6.38. The van der Waals surface area contributed by atoms with Gasteiger partial charge in [0, 0.05) is 24.1 Å². The lowest BCUT2D eigenvalue weighted by Gasteiger charge is -2.39. The standard InChI is InChI=1S/C14H21NO3/c1-10(16)8-13(2,3)9-14(4,5)15-11(17)6-7-12(15)18/h6-7H,8-9H2,1-5H3. The molecule has 1 rings (SSSR count). The summed E-state index contributed by atoms with van der Waals surface area (Å²) in [6, 6.07) is 0. The van der Waals surface area contributed by atoms with Crippen LogP contribution >= 0.6 is 0 Å². The molecule has 1 heterocycles. The molecule has 4 nitrogen and oxygen atoms in total. The van der Waals surface area contributed by atoms with Gasteiger partial charge in [0.2, 0.25) is 0 Å². The Morgan fingerprint density at radius 2 is 1.56 bits per heavy atom. The highest BCUT2D eigenvalue weighted by molar-refractivity contribution is 6.13. The highest BCUT2D eigenvalue weighted by atomic mass is 16.2. The average Bonchev–Trinajstić information content (AvgIpc) is 2.41. The first-order valence-electron chi connectivity index (χ1n) is 6.11. The van der Waals surface area contributed by atoms with E-state index in [0.29, 0.717) is 12.8 Å². The van der Waals surface area contributed by atoms with Gasteiger partial charge in [-0.25, -0.2) is 0 Å². The lowest BCUT2D eigenvalue weighted by molar-refractivity contribution is -0.143. The number of rotatable bonds is 5. The quantitative estimate of drug-likeness (QED) is 0.703. The molecule has 0 N–H and O–H groups in total. The van der Waals surface area contributed by atoms with Crippen LogP contribution in [0.1, 0.15) is 47.5 Å². The van der Waals surface area contributed by atoms with Gasteiger partial charge < -0.3 is 4.79 Å². The Hall–Kier alpha value is -1.45.